The lowest BCUT2D eigenvalue weighted by molar-refractivity contribution is -0.172. The van der Waals surface area contributed by atoms with Gasteiger partial charge in [-0.3, -0.25) is 0 Å². The van der Waals surface area contributed by atoms with Crippen LogP contribution in [0, 0.1) is 0 Å². The van der Waals surface area contributed by atoms with Crippen LogP contribution in [0.3, 0.4) is 0 Å². The molecule has 0 bridgehead atoms. The average Bonchev–Trinajstić information content (AvgIpc) is 2.81. The summed E-state index contributed by atoms with van der Waals surface area (Å²) in [5.41, 5.74) is -1.77. The second-order valence-corrected chi connectivity index (χ2v) is 4.66. The lowest BCUT2D eigenvalue weighted by atomic mass is 9.88. The molecule has 0 amide bonds. The largest absolute Gasteiger partial charge is 0.493 e. The molecule has 0 aliphatic carbocycles. The van der Waals surface area contributed by atoms with Gasteiger partial charge in [-0.2, -0.15) is 0 Å². The molecule has 114 valence electrons. The summed E-state index contributed by atoms with van der Waals surface area (Å²) in [5, 5.41) is 19.5. The first-order chi connectivity index (χ1) is 9.88. The number of benzene rings is 1. The van der Waals surface area contributed by atoms with Crippen LogP contribution in [0.4, 0.5) is 0 Å². The number of methoxy groups -OCH3 is 2. The maximum absolute atomic E-state index is 11.9. The minimum Gasteiger partial charge on any atom is -0.493 e. The fourth-order valence-electron chi connectivity index (χ4n) is 2.33. The van der Waals surface area contributed by atoms with Gasteiger partial charge >= 0.3 is 11.9 Å². The number of aliphatic hydroxyl groups is 1. The van der Waals surface area contributed by atoms with Gasteiger partial charge in [0.25, 0.3) is 0 Å². The summed E-state index contributed by atoms with van der Waals surface area (Å²) in [4.78, 5) is 23.2. The second-order valence-electron chi connectivity index (χ2n) is 4.66. The Labute approximate surface area is 121 Å². The highest BCUT2D eigenvalue weighted by atomic mass is 16.6. The monoisotopic (exact) mass is 296 g/mol. The van der Waals surface area contributed by atoms with Crippen molar-refractivity contribution in [2.45, 2.75) is 25.0 Å². The third-order valence-corrected chi connectivity index (χ3v) is 3.63. The molecule has 2 rings (SSSR count). The summed E-state index contributed by atoms with van der Waals surface area (Å²) in [7, 11) is 2.84. The zero-order chi connectivity index (χ0) is 15.8. The number of hydrogen-bond donors (Lipinski definition) is 2. The Morgan fingerprint density at radius 3 is 2.38 bits per heavy atom. The molecule has 0 saturated carbocycles. The molecule has 1 aromatic carbocycles. The highest BCUT2D eigenvalue weighted by molar-refractivity contribution is 5.96. The fraction of sp³-hybridized carbons (Fsp3) is 0.429. The van der Waals surface area contributed by atoms with Crippen molar-refractivity contribution < 1.29 is 34.0 Å². The Bertz CT molecular complexity index is 595. The van der Waals surface area contributed by atoms with Crippen LogP contribution in [-0.2, 0) is 9.53 Å². The fourth-order valence-corrected chi connectivity index (χ4v) is 2.33. The summed E-state index contributed by atoms with van der Waals surface area (Å²) in [6.45, 7) is 1.50. The molecule has 1 aromatic rings. The molecule has 0 saturated heterocycles. The van der Waals surface area contributed by atoms with Gasteiger partial charge in [-0.05, 0) is 18.6 Å². The molecule has 7 heteroatoms. The van der Waals surface area contributed by atoms with E-state index in [0.717, 1.165) is 0 Å². The molecule has 0 fully saturated rings. The molecule has 2 atom stereocenters. The van der Waals surface area contributed by atoms with E-state index in [1.807, 2.05) is 0 Å². The highest BCUT2D eigenvalue weighted by Gasteiger charge is 2.51. The van der Waals surface area contributed by atoms with Gasteiger partial charge in [-0.15, -0.1) is 0 Å². The lowest BCUT2D eigenvalue weighted by Crippen LogP contribution is -2.44. The number of carboxylic acid groups (broad SMARTS) is 1. The lowest BCUT2D eigenvalue weighted by Gasteiger charge is -2.27. The van der Waals surface area contributed by atoms with Gasteiger partial charge in [0.15, 0.2) is 17.6 Å². The summed E-state index contributed by atoms with van der Waals surface area (Å²) in [6.07, 6.45) is -1.41. The molecule has 0 radical (unpaired) electrons. The van der Waals surface area contributed by atoms with Crippen LogP contribution in [0.15, 0.2) is 12.1 Å². The Morgan fingerprint density at radius 2 is 1.90 bits per heavy atom. The molecule has 21 heavy (non-hydrogen) atoms. The van der Waals surface area contributed by atoms with Crippen LogP contribution >= 0.6 is 0 Å². The quantitative estimate of drug-likeness (QED) is 0.785. The first kappa shape index (κ1) is 15.1. The molecule has 1 heterocycles. The van der Waals surface area contributed by atoms with Crippen LogP contribution in [0.1, 0.15) is 35.4 Å². The summed E-state index contributed by atoms with van der Waals surface area (Å²) in [6, 6.07) is 2.86. The molecule has 1 aliphatic heterocycles. The number of cyclic esters (lactones) is 1. The predicted molar refractivity (Wildman–Crippen MR) is 70.6 cm³/mol. The van der Waals surface area contributed by atoms with Crippen molar-refractivity contribution in [1.82, 2.24) is 0 Å². The molecule has 0 unspecified atom stereocenters. The Hall–Kier alpha value is -2.28. The Balaban J connectivity index is 2.60. The van der Waals surface area contributed by atoms with Crippen molar-refractivity contribution in [3.8, 4) is 11.5 Å². The molecule has 2 N–H and O–H groups in total. The average molecular weight is 296 g/mol. The van der Waals surface area contributed by atoms with Gasteiger partial charge < -0.3 is 24.4 Å². The number of aliphatic carboxylic acids is 1. The van der Waals surface area contributed by atoms with E-state index >= 15 is 0 Å². The standard InChI is InChI=1S/C14H16O7/c1-4-14(18,13(16)17)11-7-5-9(19-2)10(20-3)6-8(7)12(15)21-11/h5-6,11,18H,4H2,1-3H3,(H,16,17)/t11-,14+/m1/s1. The van der Waals surface area contributed by atoms with Crippen LogP contribution in [0.5, 0.6) is 11.5 Å². The predicted octanol–water partition coefficient (Wildman–Crippen LogP) is 1.14. The molecule has 0 aromatic heterocycles. The van der Waals surface area contributed by atoms with Crippen molar-refractivity contribution >= 4 is 11.9 Å². The molecule has 0 spiro atoms. The number of carboxylic acids is 1. The normalized spacial score (nSPS) is 19.4. The third kappa shape index (κ3) is 2.19. The van der Waals surface area contributed by atoms with Crippen LogP contribution < -0.4 is 9.47 Å². The zero-order valence-electron chi connectivity index (χ0n) is 11.9. The first-order valence-electron chi connectivity index (χ1n) is 6.31. The maximum Gasteiger partial charge on any atom is 0.340 e. The van der Waals surface area contributed by atoms with Gasteiger partial charge in [0, 0.05) is 5.56 Å². The van der Waals surface area contributed by atoms with Gasteiger partial charge in [0.2, 0.25) is 5.60 Å². The summed E-state index contributed by atoms with van der Waals surface area (Å²) in [5.74, 6) is -1.51. The van der Waals surface area contributed by atoms with E-state index in [9.17, 15) is 19.8 Å². The van der Waals surface area contributed by atoms with E-state index < -0.39 is 23.6 Å². The highest BCUT2D eigenvalue weighted by Crippen LogP contribution is 2.44. The third-order valence-electron chi connectivity index (χ3n) is 3.63. The van der Waals surface area contributed by atoms with Crippen molar-refractivity contribution in [3.05, 3.63) is 23.3 Å². The summed E-state index contributed by atoms with van der Waals surface area (Å²) < 4.78 is 15.3. The van der Waals surface area contributed by atoms with E-state index in [4.69, 9.17) is 14.2 Å². The van der Waals surface area contributed by atoms with Gasteiger partial charge in [0.1, 0.15) is 0 Å². The van der Waals surface area contributed by atoms with Crippen molar-refractivity contribution in [1.29, 1.82) is 0 Å². The molecule has 7 nitrogen and oxygen atoms in total. The number of esters is 1. The maximum atomic E-state index is 11.9. The number of fused-ring (bicyclic) bond motifs is 1. The van der Waals surface area contributed by atoms with Gasteiger partial charge in [-0.25, -0.2) is 9.59 Å². The number of ether oxygens (including phenoxy) is 3. The molecular weight excluding hydrogens is 280 g/mol. The topological polar surface area (TPSA) is 102 Å². The van der Waals surface area contributed by atoms with Crippen LogP contribution in [0.25, 0.3) is 0 Å². The SMILES string of the molecule is CC[C@@](O)(C(=O)O)[C@@H]1OC(=O)c2cc(OC)c(OC)cc21. The zero-order valence-corrected chi connectivity index (χ0v) is 11.9. The van der Waals surface area contributed by atoms with E-state index in [2.05, 4.69) is 0 Å². The van der Waals surface area contributed by atoms with E-state index in [1.165, 1.54) is 33.3 Å². The minimum absolute atomic E-state index is 0.117. The van der Waals surface area contributed by atoms with Gasteiger partial charge in [0.05, 0.1) is 19.8 Å². The van der Waals surface area contributed by atoms with E-state index in [0.29, 0.717) is 11.5 Å². The van der Waals surface area contributed by atoms with Crippen molar-refractivity contribution in [2.75, 3.05) is 14.2 Å². The number of hydrogen-bond acceptors (Lipinski definition) is 6. The van der Waals surface area contributed by atoms with Gasteiger partial charge in [-0.1, -0.05) is 6.92 Å². The molecule has 1 aliphatic rings. The van der Waals surface area contributed by atoms with Crippen molar-refractivity contribution in [3.63, 3.8) is 0 Å². The second kappa shape index (κ2) is 5.25. The molecular formula is C14H16O7. The van der Waals surface area contributed by atoms with E-state index in [1.54, 1.807) is 0 Å². The summed E-state index contributed by atoms with van der Waals surface area (Å²) >= 11 is 0. The number of rotatable bonds is 5. The number of carbonyl (C=O) groups excluding carboxylic acids is 1. The Morgan fingerprint density at radius 1 is 1.33 bits per heavy atom. The minimum atomic E-state index is -2.19. The van der Waals surface area contributed by atoms with Crippen LogP contribution in [0.2, 0.25) is 0 Å². The van der Waals surface area contributed by atoms with Crippen LogP contribution in [-0.4, -0.2) is 42.0 Å². The smallest absolute Gasteiger partial charge is 0.340 e. The van der Waals surface area contributed by atoms with E-state index in [-0.39, 0.29) is 17.5 Å². The van der Waals surface area contributed by atoms with Crippen molar-refractivity contribution in [2.24, 2.45) is 0 Å². The Kier molecular flexibility index (Phi) is 3.78. The number of carbonyl (C=O) groups is 2. The first-order valence-corrected chi connectivity index (χ1v) is 6.31.